The van der Waals surface area contributed by atoms with Gasteiger partial charge in [0.15, 0.2) is 6.61 Å². The first-order valence-corrected chi connectivity index (χ1v) is 8.78. The van der Waals surface area contributed by atoms with Crippen molar-refractivity contribution in [3.05, 3.63) is 66.2 Å². The zero-order valence-electron chi connectivity index (χ0n) is 15.3. The number of amides is 3. The largest absolute Gasteiger partial charge is 0.452 e. The lowest BCUT2D eigenvalue weighted by atomic mass is 10.0. The highest BCUT2D eigenvalue weighted by molar-refractivity contribution is 6.05. The molecule has 7 heteroatoms. The van der Waals surface area contributed by atoms with Gasteiger partial charge in [0.2, 0.25) is 0 Å². The van der Waals surface area contributed by atoms with Crippen molar-refractivity contribution in [2.45, 2.75) is 6.92 Å². The smallest absolute Gasteiger partial charge is 0.339 e. The van der Waals surface area contributed by atoms with Gasteiger partial charge in [0.25, 0.3) is 5.91 Å². The first-order chi connectivity index (χ1) is 13.6. The van der Waals surface area contributed by atoms with Crippen molar-refractivity contribution in [1.82, 2.24) is 15.6 Å². The van der Waals surface area contributed by atoms with Gasteiger partial charge in [-0.3, -0.25) is 10.1 Å². The first kappa shape index (κ1) is 19.0. The van der Waals surface area contributed by atoms with E-state index in [2.05, 4.69) is 15.6 Å². The topological polar surface area (TPSA) is 97.4 Å². The van der Waals surface area contributed by atoms with Gasteiger partial charge in [-0.05, 0) is 19.1 Å². The van der Waals surface area contributed by atoms with Crippen LogP contribution in [-0.2, 0) is 9.53 Å². The molecule has 3 rings (SSSR count). The van der Waals surface area contributed by atoms with Gasteiger partial charge < -0.3 is 10.1 Å². The number of urea groups is 1. The number of pyridine rings is 1. The maximum absolute atomic E-state index is 12.6. The summed E-state index contributed by atoms with van der Waals surface area (Å²) in [4.78, 5) is 40.3. The van der Waals surface area contributed by atoms with Crippen LogP contribution in [0, 0.1) is 0 Å². The van der Waals surface area contributed by atoms with Crippen molar-refractivity contribution in [2.24, 2.45) is 0 Å². The molecule has 0 saturated heterocycles. The highest BCUT2D eigenvalue weighted by Gasteiger charge is 2.17. The standard InChI is InChI=1S/C21H19N3O4/c1-2-22-21(27)24-19(25)13-28-20(26)16-12-18(14-8-4-3-5-9-14)23-17-11-7-6-10-15(16)17/h3-12H,2,13H2,1H3,(H2,22,24,25,27). The highest BCUT2D eigenvalue weighted by Crippen LogP contribution is 2.25. The number of rotatable bonds is 5. The van der Waals surface area contributed by atoms with Gasteiger partial charge in [0.1, 0.15) is 0 Å². The summed E-state index contributed by atoms with van der Waals surface area (Å²) in [7, 11) is 0. The summed E-state index contributed by atoms with van der Waals surface area (Å²) in [5, 5.41) is 5.13. The van der Waals surface area contributed by atoms with E-state index in [9.17, 15) is 14.4 Å². The number of carbonyl (C=O) groups excluding carboxylic acids is 3. The van der Waals surface area contributed by atoms with E-state index in [0.29, 0.717) is 28.7 Å². The van der Waals surface area contributed by atoms with Gasteiger partial charge in [-0.15, -0.1) is 0 Å². The first-order valence-electron chi connectivity index (χ1n) is 8.78. The van der Waals surface area contributed by atoms with E-state index < -0.39 is 24.5 Å². The number of nitrogens with zero attached hydrogens (tertiary/aromatic N) is 1. The third-order valence-electron chi connectivity index (χ3n) is 3.93. The Morgan fingerprint density at radius 3 is 2.46 bits per heavy atom. The maximum atomic E-state index is 12.6. The minimum Gasteiger partial charge on any atom is -0.452 e. The SMILES string of the molecule is CCNC(=O)NC(=O)COC(=O)c1cc(-c2ccccc2)nc2ccccc12. The van der Waals surface area contributed by atoms with Crippen LogP contribution in [0.1, 0.15) is 17.3 Å². The van der Waals surface area contributed by atoms with Crippen molar-refractivity contribution in [3.63, 3.8) is 0 Å². The van der Waals surface area contributed by atoms with Crippen molar-refractivity contribution >= 4 is 28.8 Å². The summed E-state index contributed by atoms with van der Waals surface area (Å²) in [6.45, 7) is 1.54. The molecular formula is C21H19N3O4. The number of hydrogen-bond donors (Lipinski definition) is 2. The monoisotopic (exact) mass is 377 g/mol. The molecule has 3 amide bonds. The second kappa shape index (κ2) is 8.77. The van der Waals surface area contributed by atoms with Crippen LogP contribution < -0.4 is 10.6 Å². The van der Waals surface area contributed by atoms with Crippen molar-refractivity contribution in [3.8, 4) is 11.3 Å². The minimum atomic E-state index is -0.707. The Hall–Kier alpha value is -3.74. The summed E-state index contributed by atoms with van der Waals surface area (Å²) in [6.07, 6.45) is 0. The Morgan fingerprint density at radius 2 is 1.71 bits per heavy atom. The van der Waals surface area contributed by atoms with E-state index in [1.54, 1.807) is 31.2 Å². The molecule has 142 valence electrons. The van der Waals surface area contributed by atoms with E-state index in [-0.39, 0.29) is 0 Å². The Kier molecular flexibility index (Phi) is 5.96. The molecule has 7 nitrogen and oxygen atoms in total. The van der Waals surface area contributed by atoms with Crippen molar-refractivity contribution < 1.29 is 19.1 Å². The number of ether oxygens (including phenoxy) is 1. The number of aromatic nitrogens is 1. The summed E-state index contributed by atoms with van der Waals surface area (Å²) >= 11 is 0. The average molecular weight is 377 g/mol. The van der Waals surface area contributed by atoms with E-state index in [0.717, 1.165) is 5.56 Å². The zero-order valence-corrected chi connectivity index (χ0v) is 15.3. The second-order valence-electron chi connectivity index (χ2n) is 5.92. The van der Waals surface area contributed by atoms with E-state index >= 15 is 0 Å². The van der Waals surface area contributed by atoms with Crippen LogP contribution in [-0.4, -0.2) is 36.0 Å². The van der Waals surface area contributed by atoms with Crippen LogP contribution >= 0.6 is 0 Å². The number of carbonyl (C=O) groups is 3. The number of nitrogens with one attached hydrogen (secondary N) is 2. The minimum absolute atomic E-state index is 0.301. The Labute approximate surface area is 161 Å². The fraction of sp³-hybridized carbons (Fsp3) is 0.143. The molecule has 28 heavy (non-hydrogen) atoms. The average Bonchev–Trinajstić information content (AvgIpc) is 2.72. The van der Waals surface area contributed by atoms with Gasteiger partial charge in [0.05, 0.1) is 16.8 Å². The summed E-state index contributed by atoms with van der Waals surface area (Å²) in [5.74, 6) is -1.37. The lowest BCUT2D eigenvalue weighted by Gasteiger charge is -2.10. The van der Waals surface area contributed by atoms with Crippen LogP contribution in [0.3, 0.4) is 0 Å². The molecule has 0 unspecified atom stereocenters. The Balaban J connectivity index is 1.84. The molecule has 0 fully saturated rings. The van der Waals surface area contributed by atoms with Crippen LogP contribution in [0.5, 0.6) is 0 Å². The molecule has 0 aliphatic rings. The van der Waals surface area contributed by atoms with Gasteiger partial charge in [-0.25, -0.2) is 14.6 Å². The molecule has 2 aromatic carbocycles. The molecule has 3 aromatic rings. The van der Waals surface area contributed by atoms with Gasteiger partial charge >= 0.3 is 12.0 Å². The maximum Gasteiger partial charge on any atom is 0.339 e. The molecule has 0 spiro atoms. The molecule has 1 heterocycles. The number of fused-ring (bicyclic) bond motifs is 1. The van der Waals surface area contributed by atoms with Crippen LogP contribution in [0.4, 0.5) is 4.79 Å². The normalized spacial score (nSPS) is 10.3. The van der Waals surface area contributed by atoms with Crippen LogP contribution in [0.15, 0.2) is 60.7 Å². The number of imide groups is 1. The summed E-state index contributed by atoms with van der Waals surface area (Å²) in [5.41, 5.74) is 2.42. The third kappa shape index (κ3) is 4.50. The van der Waals surface area contributed by atoms with Crippen molar-refractivity contribution in [1.29, 1.82) is 0 Å². The summed E-state index contributed by atoms with van der Waals surface area (Å²) in [6, 6.07) is 17.7. The molecule has 0 saturated carbocycles. The quantitative estimate of drug-likeness (QED) is 0.667. The third-order valence-corrected chi connectivity index (χ3v) is 3.93. The lowest BCUT2D eigenvalue weighted by molar-refractivity contribution is -0.123. The van der Waals surface area contributed by atoms with E-state index in [1.807, 2.05) is 36.4 Å². The predicted octanol–water partition coefficient (Wildman–Crippen LogP) is 2.90. The van der Waals surface area contributed by atoms with E-state index in [1.165, 1.54) is 0 Å². The Morgan fingerprint density at radius 1 is 1.00 bits per heavy atom. The molecule has 0 atom stereocenters. The van der Waals surface area contributed by atoms with E-state index in [4.69, 9.17) is 4.74 Å². The number of esters is 1. The molecule has 2 N–H and O–H groups in total. The number of para-hydroxylation sites is 1. The van der Waals surface area contributed by atoms with Gasteiger partial charge in [-0.2, -0.15) is 0 Å². The highest BCUT2D eigenvalue weighted by atomic mass is 16.5. The number of hydrogen-bond acceptors (Lipinski definition) is 5. The second-order valence-corrected chi connectivity index (χ2v) is 5.92. The number of benzene rings is 2. The predicted molar refractivity (Wildman–Crippen MR) is 105 cm³/mol. The van der Waals surface area contributed by atoms with Gasteiger partial charge in [-0.1, -0.05) is 48.5 Å². The molecule has 0 aliphatic carbocycles. The molecule has 1 aromatic heterocycles. The Bertz CT molecular complexity index is 1020. The summed E-state index contributed by atoms with van der Waals surface area (Å²) < 4.78 is 5.11. The molecular weight excluding hydrogens is 358 g/mol. The molecule has 0 radical (unpaired) electrons. The molecule has 0 aliphatic heterocycles. The van der Waals surface area contributed by atoms with Crippen molar-refractivity contribution in [2.75, 3.05) is 13.2 Å². The zero-order chi connectivity index (χ0) is 19.9. The lowest BCUT2D eigenvalue weighted by Crippen LogP contribution is -2.41. The fourth-order valence-electron chi connectivity index (χ4n) is 2.68. The van der Waals surface area contributed by atoms with Gasteiger partial charge in [0, 0.05) is 17.5 Å². The van der Waals surface area contributed by atoms with Crippen LogP contribution in [0.25, 0.3) is 22.2 Å². The van der Waals surface area contributed by atoms with Crippen LogP contribution in [0.2, 0.25) is 0 Å². The fourth-order valence-corrected chi connectivity index (χ4v) is 2.68. The molecule has 0 bridgehead atoms.